The Bertz CT molecular complexity index is 682. The molecule has 4 nitrogen and oxygen atoms in total. The van der Waals surface area contributed by atoms with Gasteiger partial charge in [0.1, 0.15) is 23.8 Å². The average Bonchev–Trinajstić information content (AvgIpc) is 2.62. The summed E-state index contributed by atoms with van der Waals surface area (Å²) in [5.74, 6) is 0.832. The van der Waals surface area contributed by atoms with Crippen LogP contribution in [0.4, 0.5) is 0 Å². The first-order chi connectivity index (χ1) is 12.0. The van der Waals surface area contributed by atoms with Crippen molar-refractivity contribution in [1.82, 2.24) is 0 Å². The lowest BCUT2D eigenvalue weighted by Gasteiger charge is -2.28. The lowest BCUT2D eigenvalue weighted by atomic mass is 9.95. The Kier molecular flexibility index (Phi) is 7.51. The van der Waals surface area contributed by atoms with E-state index >= 15 is 0 Å². The van der Waals surface area contributed by atoms with Crippen molar-refractivity contribution in [2.75, 3.05) is 21.3 Å². The number of allylic oxidation sites excluding steroid dienone is 2. The summed E-state index contributed by atoms with van der Waals surface area (Å²) in [6.07, 6.45) is 4.76. The molecule has 2 unspecified atom stereocenters. The highest BCUT2D eigenvalue weighted by Gasteiger charge is 2.28. The van der Waals surface area contributed by atoms with Gasteiger partial charge in [-0.05, 0) is 41.8 Å². The molecule has 0 heterocycles. The van der Waals surface area contributed by atoms with Crippen molar-refractivity contribution < 1.29 is 19.0 Å². The van der Waals surface area contributed by atoms with Crippen LogP contribution in [-0.4, -0.2) is 39.3 Å². The van der Waals surface area contributed by atoms with E-state index in [1.807, 2.05) is 18.2 Å². The lowest BCUT2D eigenvalue weighted by molar-refractivity contribution is -0.118. The second-order valence-electron chi connectivity index (χ2n) is 5.81. The zero-order valence-electron chi connectivity index (χ0n) is 14.6. The number of ketones is 1. The summed E-state index contributed by atoms with van der Waals surface area (Å²) in [6.45, 7) is 0. The van der Waals surface area contributed by atoms with Crippen LogP contribution in [0.25, 0.3) is 0 Å². The highest BCUT2D eigenvalue weighted by Crippen LogP contribution is 2.26. The molecule has 2 atom stereocenters. The number of hydrogen-bond acceptors (Lipinski definition) is 4. The van der Waals surface area contributed by atoms with Crippen molar-refractivity contribution in [1.29, 1.82) is 0 Å². The summed E-state index contributed by atoms with van der Waals surface area (Å²) in [6, 6.07) is 5.26. The summed E-state index contributed by atoms with van der Waals surface area (Å²) in [5, 5.41) is 0.948. The van der Waals surface area contributed by atoms with Gasteiger partial charge in [-0.15, -0.1) is 0 Å². The van der Waals surface area contributed by atoms with Crippen LogP contribution in [0.1, 0.15) is 18.4 Å². The summed E-state index contributed by atoms with van der Waals surface area (Å²) >= 11 is 11.9. The van der Waals surface area contributed by atoms with Gasteiger partial charge in [-0.3, -0.25) is 4.79 Å². The number of methoxy groups -OCH3 is 3. The minimum absolute atomic E-state index is 0.134. The minimum atomic E-state index is -0.273. The van der Waals surface area contributed by atoms with E-state index in [2.05, 4.69) is 0 Å². The normalized spacial score (nSPS) is 20.0. The van der Waals surface area contributed by atoms with E-state index in [-0.39, 0.29) is 18.0 Å². The van der Waals surface area contributed by atoms with Crippen LogP contribution in [0.2, 0.25) is 10.0 Å². The zero-order valence-corrected chi connectivity index (χ0v) is 16.1. The highest BCUT2D eigenvalue weighted by molar-refractivity contribution is 6.42. The highest BCUT2D eigenvalue weighted by atomic mass is 35.5. The summed E-state index contributed by atoms with van der Waals surface area (Å²) in [7, 11) is 4.84. The van der Waals surface area contributed by atoms with Crippen molar-refractivity contribution in [2.24, 2.45) is 0 Å². The van der Waals surface area contributed by atoms with Gasteiger partial charge in [0, 0.05) is 27.1 Å². The third-order valence-electron chi connectivity index (χ3n) is 4.12. The van der Waals surface area contributed by atoms with Crippen LogP contribution in [0.5, 0.6) is 0 Å². The molecule has 0 aliphatic heterocycles. The zero-order chi connectivity index (χ0) is 18.4. The molecule has 0 saturated heterocycles. The molecular weight excluding hydrogens is 363 g/mol. The molecule has 0 fully saturated rings. The molecule has 0 N–H and O–H groups in total. The van der Waals surface area contributed by atoms with E-state index in [4.69, 9.17) is 37.4 Å². The Morgan fingerprint density at radius 1 is 1.12 bits per heavy atom. The van der Waals surface area contributed by atoms with Crippen LogP contribution in [0.3, 0.4) is 0 Å². The van der Waals surface area contributed by atoms with Crippen molar-refractivity contribution in [3.8, 4) is 0 Å². The number of benzene rings is 1. The maximum Gasteiger partial charge on any atom is 0.144 e. The summed E-state index contributed by atoms with van der Waals surface area (Å²) in [4.78, 5) is 12.3. The Hall–Kier alpha value is -1.33. The molecule has 1 aromatic carbocycles. The number of carbonyl (C=O) groups excluding carboxylic acids is 1. The van der Waals surface area contributed by atoms with Gasteiger partial charge in [0.25, 0.3) is 0 Å². The van der Waals surface area contributed by atoms with Crippen LogP contribution in [-0.2, 0) is 25.4 Å². The van der Waals surface area contributed by atoms with E-state index in [0.29, 0.717) is 35.1 Å². The van der Waals surface area contributed by atoms with Crippen molar-refractivity contribution >= 4 is 29.0 Å². The number of hydrogen-bond donors (Lipinski definition) is 0. The predicted molar refractivity (Wildman–Crippen MR) is 99.2 cm³/mol. The molecule has 0 bridgehead atoms. The first-order valence-corrected chi connectivity index (χ1v) is 8.71. The molecular formula is C19H22Cl2O4. The second kappa shape index (κ2) is 9.39. The average molecular weight is 385 g/mol. The maximum atomic E-state index is 12.3. The van der Waals surface area contributed by atoms with Crippen molar-refractivity contribution in [3.05, 3.63) is 57.3 Å². The fourth-order valence-electron chi connectivity index (χ4n) is 2.80. The van der Waals surface area contributed by atoms with Crippen LogP contribution in [0, 0.1) is 0 Å². The monoisotopic (exact) mass is 384 g/mol. The van der Waals surface area contributed by atoms with Crippen molar-refractivity contribution in [2.45, 2.75) is 31.5 Å². The van der Waals surface area contributed by atoms with Gasteiger partial charge in [-0.1, -0.05) is 29.3 Å². The fraction of sp³-hybridized carbons (Fsp3) is 0.421. The van der Waals surface area contributed by atoms with Crippen LogP contribution >= 0.6 is 23.2 Å². The number of rotatable bonds is 8. The largest absolute Gasteiger partial charge is 0.498 e. The van der Waals surface area contributed by atoms with Gasteiger partial charge in [0.2, 0.25) is 0 Å². The smallest absolute Gasteiger partial charge is 0.144 e. The number of carbonyl (C=O) groups is 1. The van der Waals surface area contributed by atoms with Crippen LogP contribution < -0.4 is 0 Å². The number of halogens is 2. The number of ether oxygens (including phenoxy) is 3. The summed E-state index contributed by atoms with van der Waals surface area (Å²) < 4.78 is 16.3. The molecule has 136 valence electrons. The number of Topliss-reactive ketones (excluding diaryl/α,β-unsaturated/α-hetero) is 1. The maximum absolute atomic E-state index is 12.3. The SMILES string of the molecule is COC1=CC(CCC(=O)Cc2ccc(Cl)c(Cl)c2)=CC(OC)C1OC. The van der Waals surface area contributed by atoms with E-state index in [1.54, 1.807) is 33.5 Å². The molecule has 25 heavy (non-hydrogen) atoms. The van der Waals surface area contributed by atoms with Gasteiger partial charge in [0.15, 0.2) is 0 Å². The first kappa shape index (κ1) is 20.0. The second-order valence-corrected chi connectivity index (χ2v) is 6.63. The molecule has 2 rings (SSSR count). The fourth-order valence-corrected chi connectivity index (χ4v) is 3.12. The third-order valence-corrected chi connectivity index (χ3v) is 4.86. The van der Waals surface area contributed by atoms with E-state index in [0.717, 1.165) is 11.1 Å². The molecule has 1 aliphatic rings. The van der Waals surface area contributed by atoms with Gasteiger partial charge >= 0.3 is 0 Å². The van der Waals surface area contributed by atoms with Gasteiger partial charge in [0.05, 0.1) is 17.2 Å². The van der Waals surface area contributed by atoms with E-state index in [9.17, 15) is 4.79 Å². The quantitative estimate of drug-likeness (QED) is 0.666. The Morgan fingerprint density at radius 3 is 2.48 bits per heavy atom. The molecule has 1 aromatic rings. The Morgan fingerprint density at radius 2 is 1.88 bits per heavy atom. The summed E-state index contributed by atoms with van der Waals surface area (Å²) in [5.41, 5.74) is 1.86. The molecule has 0 aromatic heterocycles. The van der Waals surface area contributed by atoms with Gasteiger partial charge in [-0.2, -0.15) is 0 Å². The van der Waals surface area contributed by atoms with Gasteiger partial charge < -0.3 is 14.2 Å². The van der Waals surface area contributed by atoms with Crippen molar-refractivity contribution in [3.63, 3.8) is 0 Å². The van der Waals surface area contributed by atoms with Gasteiger partial charge in [-0.25, -0.2) is 0 Å². The molecule has 0 radical (unpaired) electrons. The van der Waals surface area contributed by atoms with E-state index < -0.39 is 0 Å². The predicted octanol–water partition coefficient (Wildman–Crippen LogP) is 4.39. The molecule has 6 heteroatoms. The topological polar surface area (TPSA) is 44.8 Å². The molecule has 0 spiro atoms. The van der Waals surface area contributed by atoms with Crippen LogP contribution in [0.15, 0.2) is 41.7 Å². The minimum Gasteiger partial charge on any atom is -0.498 e. The Labute approximate surface area is 158 Å². The molecule has 0 amide bonds. The standard InChI is InChI=1S/C19H22Cl2O4/c1-23-17-10-13(11-18(24-2)19(17)25-3)4-6-14(22)8-12-5-7-15(20)16(21)9-12/h5,7,9-11,17,19H,4,6,8H2,1-3H3. The first-order valence-electron chi connectivity index (χ1n) is 7.96. The molecule has 0 saturated carbocycles. The third kappa shape index (κ3) is 5.32. The van der Waals surface area contributed by atoms with E-state index in [1.165, 1.54) is 0 Å². The lowest BCUT2D eigenvalue weighted by Crippen LogP contribution is -2.33. The molecule has 1 aliphatic carbocycles. The Balaban J connectivity index is 1.97.